The fraction of sp³-hybridized carbons (Fsp3) is 0.923. The summed E-state index contributed by atoms with van der Waals surface area (Å²) in [4.78, 5) is 11.4. The average molecular weight is 280 g/mol. The molecular weight excluding hydrogens is 257 g/mol. The Morgan fingerprint density at radius 3 is 2.26 bits per heavy atom. The second-order valence-corrected chi connectivity index (χ2v) is 5.96. The second kappa shape index (κ2) is 6.48. The van der Waals surface area contributed by atoms with Crippen LogP contribution in [0, 0.1) is 11.3 Å². The van der Waals surface area contributed by atoms with Gasteiger partial charge in [-0.15, -0.1) is 0 Å². The van der Waals surface area contributed by atoms with Crippen molar-refractivity contribution in [3.8, 4) is 0 Å². The van der Waals surface area contributed by atoms with Crippen LogP contribution in [0.3, 0.4) is 0 Å². The van der Waals surface area contributed by atoms with Gasteiger partial charge < -0.3 is 10.6 Å². The first-order valence-electron chi connectivity index (χ1n) is 6.81. The Morgan fingerprint density at radius 1 is 1.21 bits per heavy atom. The Bertz CT molecular complexity index is 297. The molecule has 0 saturated heterocycles. The van der Waals surface area contributed by atoms with Gasteiger partial charge in [0.1, 0.15) is 6.54 Å². The van der Waals surface area contributed by atoms with Gasteiger partial charge in [-0.25, -0.2) is 4.79 Å². The summed E-state index contributed by atoms with van der Waals surface area (Å²) in [5, 5.41) is 4.44. The monoisotopic (exact) mass is 280 g/mol. The highest BCUT2D eigenvalue weighted by Gasteiger charge is 2.35. The lowest BCUT2D eigenvalue weighted by Crippen LogP contribution is -2.45. The minimum Gasteiger partial charge on any atom is -0.338 e. The average Bonchev–Trinajstić information content (AvgIpc) is 2.71. The van der Waals surface area contributed by atoms with Gasteiger partial charge in [0.25, 0.3) is 0 Å². The van der Waals surface area contributed by atoms with Crippen molar-refractivity contribution in [2.24, 2.45) is 11.3 Å². The molecule has 0 aromatic carbocycles. The van der Waals surface area contributed by atoms with E-state index in [0.29, 0.717) is 12.5 Å². The molecule has 1 fully saturated rings. The molecule has 112 valence electrons. The molecule has 0 bridgehead atoms. The van der Waals surface area contributed by atoms with Crippen LogP contribution in [-0.2, 0) is 0 Å². The zero-order valence-electron chi connectivity index (χ0n) is 11.6. The molecule has 0 aliphatic heterocycles. The minimum atomic E-state index is -4.36. The molecule has 0 heterocycles. The smallest absolute Gasteiger partial charge is 0.338 e. The zero-order valence-corrected chi connectivity index (χ0v) is 11.6. The number of nitrogens with one attached hydrogen (secondary N) is 2. The van der Waals surface area contributed by atoms with Crippen LogP contribution in [0.2, 0.25) is 0 Å². The van der Waals surface area contributed by atoms with Crippen LogP contribution in [0.25, 0.3) is 0 Å². The van der Waals surface area contributed by atoms with Gasteiger partial charge in [0, 0.05) is 6.54 Å². The van der Waals surface area contributed by atoms with Crippen LogP contribution in [0.1, 0.15) is 46.0 Å². The number of urea groups is 1. The first-order chi connectivity index (χ1) is 8.72. The number of carbonyl (C=O) groups excluding carboxylic acids is 1. The molecule has 1 aliphatic carbocycles. The summed E-state index contributed by atoms with van der Waals surface area (Å²) in [5.74, 6) is 0.526. The Morgan fingerprint density at radius 2 is 1.79 bits per heavy atom. The molecule has 1 rings (SSSR count). The summed E-state index contributed by atoms with van der Waals surface area (Å²) in [6.45, 7) is 3.44. The molecule has 0 aromatic rings. The first-order valence-corrected chi connectivity index (χ1v) is 6.81. The van der Waals surface area contributed by atoms with Crippen LogP contribution in [0.4, 0.5) is 18.0 Å². The lowest BCUT2D eigenvalue weighted by atomic mass is 9.78. The summed E-state index contributed by atoms with van der Waals surface area (Å²) in [5.41, 5.74) is 0.0732. The van der Waals surface area contributed by atoms with E-state index < -0.39 is 18.8 Å². The van der Waals surface area contributed by atoms with Gasteiger partial charge in [0.15, 0.2) is 0 Å². The molecular formula is C13H23F3N2O. The minimum absolute atomic E-state index is 0.0732. The predicted octanol–water partition coefficient (Wildman–Crippen LogP) is 3.45. The largest absolute Gasteiger partial charge is 0.405 e. The number of amides is 2. The summed E-state index contributed by atoms with van der Waals surface area (Å²) < 4.78 is 35.9. The number of halogens is 3. The molecule has 0 atom stereocenters. The van der Waals surface area contributed by atoms with E-state index in [-0.39, 0.29) is 5.41 Å². The molecule has 1 saturated carbocycles. The van der Waals surface area contributed by atoms with Crippen molar-refractivity contribution in [2.75, 3.05) is 13.1 Å². The first kappa shape index (κ1) is 16.1. The van der Waals surface area contributed by atoms with Crippen LogP contribution in [-0.4, -0.2) is 25.3 Å². The predicted molar refractivity (Wildman–Crippen MR) is 67.8 cm³/mol. The van der Waals surface area contributed by atoms with Crippen LogP contribution in [0.5, 0.6) is 0 Å². The second-order valence-electron chi connectivity index (χ2n) is 5.96. The highest BCUT2D eigenvalue weighted by Crippen LogP contribution is 2.42. The number of rotatable bonds is 5. The molecule has 6 heteroatoms. The van der Waals surface area contributed by atoms with Gasteiger partial charge >= 0.3 is 12.2 Å². The number of hydrogen-bond acceptors (Lipinski definition) is 1. The van der Waals surface area contributed by atoms with Crippen LogP contribution in [0.15, 0.2) is 0 Å². The van der Waals surface area contributed by atoms with Gasteiger partial charge in [-0.3, -0.25) is 0 Å². The summed E-state index contributed by atoms with van der Waals surface area (Å²) in [6, 6.07) is -0.729. The molecule has 3 nitrogen and oxygen atoms in total. The molecule has 1 aliphatic rings. The van der Waals surface area contributed by atoms with Gasteiger partial charge in [0.2, 0.25) is 0 Å². The van der Waals surface area contributed by atoms with Crippen molar-refractivity contribution in [1.29, 1.82) is 0 Å². The maximum absolute atomic E-state index is 12.0. The third-order valence-corrected chi connectivity index (χ3v) is 3.58. The number of alkyl halides is 3. The van der Waals surface area contributed by atoms with E-state index >= 15 is 0 Å². The lowest BCUT2D eigenvalue weighted by Gasteiger charge is -2.31. The Labute approximate surface area is 112 Å². The highest BCUT2D eigenvalue weighted by molar-refractivity contribution is 5.73. The quantitative estimate of drug-likeness (QED) is 0.795. The fourth-order valence-corrected chi connectivity index (χ4v) is 2.95. The van der Waals surface area contributed by atoms with Gasteiger partial charge in [-0.1, -0.05) is 26.7 Å². The topological polar surface area (TPSA) is 41.1 Å². The van der Waals surface area contributed by atoms with Crippen LogP contribution < -0.4 is 10.6 Å². The molecule has 2 amide bonds. The SMILES string of the molecule is CC(C)CC1(CNC(=O)NCC(F)(F)F)CCCC1. The maximum Gasteiger partial charge on any atom is 0.405 e. The Hall–Kier alpha value is -0.940. The maximum atomic E-state index is 12.0. The van der Waals surface area contributed by atoms with E-state index in [4.69, 9.17) is 0 Å². The van der Waals surface area contributed by atoms with Crippen molar-refractivity contribution in [1.82, 2.24) is 10.6 Å². The van der Waals surface area contributed by atoms with E-state index in [1.54, 1.807) is 0 Å². The van der Waals surface area contributed by atoms with E-state index in [1.807, 2.05) is 5.32 Å². The van der Waals surface area contributed by atoms with Gasteiger partial charge in [-0.05, 0) is 30.6 Å². The molecule has 19 heavy (non-hydrogen) atoms. The summed E-state index contributed by atoms with van der Waals surface area (Å²) >= 11 is 0. The third kappa shape index (κ3) is 6.16. The molecule has 0 aromatic heterocycles. The normalized spacial score (nSPS) is 18.6. The Balaban J connectivity index is 2.38. The van der Waals surface area contributed by atoms with E-state index in [2.05, 4.69) is 19.2 Å². The van der Waals surface area contributed by atoms with Crippen molar-refractivity contribution < 1.29 is 18.0 Å². The van der Waals surface area contributed by atoms with Gasteiger partial charge in [0.05, 0.1) is 0 Å². The summed E-state index contributed by atoms with van der Waals surface area (Å²) in [7, 11) is 0. The third-order valence-electron chi connectivity index (χ3n) is 3.58. The molecule has 0 radical (unpaired) electrons. The number of hydrogen-bond donors (Lipinski definition) is 2. The van der Waals surface area contributed by atoms with Gasteiger partial charge in [-0.2, -0.15) is 13.2 Å². The van der Waals surface area contributed by atoms with Crippen molar-refractivity contribution in [3.63, 3.8) is 0 Å². The molecule has 0 spiro atoms. The summed E-state index contributed by atoms with van der Waals surface area (Å²) in [6.07, 6.45) is 1.01. The van der Waals surface area contributed by atoms with E-state index in [1.165, 1.54) is 0 Å². The molecule has 2 N–H and O–H groups in total. The van der Waals surface area contributed by atoms with E-state index in [9.17, 15) is 18.0 Å². The van der Waals surface area contributed by atoms with Crippen molar-refractivity contribution in [2.45, 2.75) is 52.1 Å². The molecule has 0 unspecified atom stereocenters. The lowest BCUT2D eigenvalue weighted by molar-refractivity contribution is -0.122. The zero-order chi connectivity index (χ0) is 14.5. The van der Waals surface area contributed by atoms with Crippen molar-refractivity contribution in [3.05, 3.63) is 0 Å². The highest BCUT2D eigenvalue weighted by atomic mass is 19.4. The fourth-order valence-electron chi connectivity index (χ4n) is 2.95. The number of carbonyl (C=O) groups is 1. The van der Waals surface area contributed by atoms with Crippen molar-refractivity contribution >= 4 is 6.03 Å². The Kier molecular flexibility index (Phi) is 5.50. The van der Waals surface area contributed by atoms with Crippen LogP contribution >= 0.6 is 0 Å². The standard InChI is InChI=1S/C13H23F3N2O/c1-10(2)7-12(5-3-4-6-12)8-17-11(19)18-9-13(14,15)16/h10H,3-9H2,1-2H3,(H2,17,18,19). The van der Waals surface area contributed by atoms with E-state index in [0.717, 1.165) is 32.1 Å².